The van der Waals surface area contributed by atoms with Crippen molar-refractivity contribution in [1.82, 2.24) is 9.99 Å². The topological polar surface area (TPSA) is 55.6 Å². The van der Waals surface area contributed by atoms with Crippen molar-refractivity contribution in [1.29, 1.82) is 0 Å². The molecule has 0 spiro atoms. The number of benzene rings is 2. The third-order valence-electron chi connectivity index (χ3n) is 4.68. The Morgan fingerprint density at radius 2 is 1.86 bits per heavy atom. The van der Waals surface area contributed by atoms with Crippen LogP contribution in [0.15, 0.2) is 58.1 Å². The predicted octanol–water partition coefficient (Wildman–Crippen LogP) is 5.33. The van der Waals surface area contributed by atoms with Crippen molar-refractivity contribution >= 4 is 28.1 Å². The van der Waals surface area contributed by atoms with E-state index in [0.29, 0.717) is 12.2 Å². The number of nitrogens with one attached hydrogen (secondary N) is 1. The highest BCUT2D eigenvalue weighted by Crippen LogP contribution is 2.24. The molecule has 1 heterocycles. The van der Waals surface area contributed by atoms with Gasteiger partial charge in [0.1, 0.15) is 5.75 Å². The van der Waals surface area contributed by atoms with Crippen LogP contribution in [-0.2, 0) is 0 Å². The van der Waals surface area contributed by atoms with Crippen molar-refractivity contribution in [3.63, 3.8) is 0 Å². The maximum absolute atomic E-state index is 12.3. The van der Waals surface area contributed by atoms with Crippen molar-refractivity contribution < 1.29 is 9.53 Å². The second-order valence-electron chi connectivity index (χ2n) is 6.75. The maximum Gasteiger partial charge on any atom is 0.271 e. The van der Waals surface area contributed by atoms with Gasteiger partial charge >= 0.3 is 0 Å². The highest BCUT2D eigenvalue weighted by molar-refractivity contribution is 9.10. The summed E-state index contributed by atoms with van der Waals surface area (Å²) in [6.45, 7) is 8.67. The van der Waals surface area contributed by atoms with E-state index >= 15 is 0 Å². The summed E-state index contributed by atoms with van der Waals surface area (Å²) >= 11 is 3.60. The molecule has 6 heteroatoms. The van der Waals surface area contributed by atoms with Gasteiger partial charge < -0.3 is 9.30 Å². The molecule has 0 saturated carbocycles. The molecule has 1 aromatic heterocycles. The van der Waals surface area contributed by atoms with Crippen LogP contribution in [0, 0.1) is 20.8 Å². The van der Waals surface area contributed by atoms with Crippen molar-refractivity contribution in [2.24, 2.45) is 5.10 Å². The fraction of sp³-hybridized carbons (Fsp3) is 0.217. The molecule has 0 saturated heterocycles. The Labute approximate surface area is 179 Å². The van der Waals surface area contributed by atoms with Crippen LogP contribution >= 0.6 is 15.9 Å². The predicted molar refractivity (Wildman–Crippen MR) is 120 cm³/mol. The number of carbonyl (C=O) groups excluding carboxylic acids is 1. The number of aromatic nitrogens is 1. The van der Waals surface area contributed by atoms with E-state index in [1.165, 1.54) is 5.56 Å². The van der Waals surface area contributed by atoms with Crippen LogP contribution in [0.25, 0.3) is 5.69 Å². The normalized spacial score (nSPS) is 11.1. The second kappa shape index (κ2) is 9.09. The summed E-state index contributed by atoms with van der Waals surface area (Å²) in [6, 6.07) is 15.3. The Kier molecular flexibility index (Phi) is 6.54. The molecule has 0 unspecified atom stereocenters. The van der Waals surface area contributed by atoms with Crippen LogP contribution in [-0.4, -0.2) is 23.3 Å². The smallest absolute Gasteiger partial charge is 0.271 e. The average Bonchev–Trinajstić information content (AvgIpc) is 2.98. The highest BCUT2D eigenvalue weighted by atomic mass is 79.9. The van der Waals surface area contributed by atoms with E-state index in [0.717, 1.165) is 32.9 Å². The number of hydrogen-bond donors (Lipinski definition) is 1. The molecule has 0 fully saturated rings. The van der Waals surface area contributed by atoms with Gasteiger partial charge in [0.2, 0.25) is 0 Å². The SMILES string of the molecule is CCOc1ccc(C(=O)N/N=C\c2cc(C)n(-c3ccc(C)c(Br)c3)c2C)cc1. The van der Waals surface area contributed by atoms with E-state index in [1.807, 2.05) is 13.8 Å². The number of carbonyl (C=O) groups is 1. The molecule has 0 bridgehead atoms. The number of nitrogens with zero attached hydrogens (tertiary/aromatic N) is 2. The van der Waals surface area contributed by atoms with Gasteiger partial charge in [0.15, 0.2) is 0 Å². The molecule has 29 heavy (non-hydrogen) atoms. The van der Waals surface area contributed by atoms with E-state index in [-0.39, 0.29) is 5.91 Å². The molecule has 5 nitrogen and oxygen atoms in total. The van der Waals surface area contributed by atoms with Crippen LogP contribution in [0.2, 0.25) is 0 Å². The minimum Gasteiger partial charge on any atom is -0.494 e. The number of halogens is 1. The molecule has 0 aliphatic carbocycles. The summed E-state index contributed by atoms with van der Waals surface area (Å²) in [5.74, 6) is 0.475. The van der Waals surface area contributed by atoms with E-state index in [4.69, 9.17) is 4.74 Å². The lowest BCUT2D eigenvalue weighted by atomic mass is 10.2. The summed E-state index contributed by atoms with van der Waals surface area (Å²) < 4.78 is 8.63. The summed E-state index contributed by atoms with van der Waals surface area (Å²) in [6.07, 6.45) is 1.68. The number of rotatable bonds is 6. The Balaban J connectivity index is 1.74. The Morgan fingerprint density at radius 1 is 1.14 bits per heavy atom. The number of aryl methyl sites for hydroxylation is 2. The van der Waals surface area contributed by atoms with Crippen molar-refractivity contribution in [2.75, 3.05) is 6.61 Å². The zero-order valence-corrected chi connectivity index (χ0v) is 18.6. The summed E-state index contributed by atoms with van der Waals surface area (Å²) in [4.78, 5) is 12.3. The van der Waals surface area contributed by atoms with Gasteiger partial charge in [-0.1, -0.05) is 22.0 Å². The maximum atomic E-state index is 12.3. The summed E-state index contributed by atoms with van der Waals surface area (Å²) in [7, 11) is 0. The first-order valence-corrected chi connectivity index (χ1v) is 10.2. The van der Waals surface area contributed by atoms with Crippen LogP contribution in [0.4, 0.5) is 0 Å². The minimum absolute atomic E-state index is 0.263. The lowest BCUT2D eigenvalue weighted by molar-refractivity contribution is 0.0955. The second-order valence-corrected chi connectivity index (χ2v) is 7.61. The van der Waals surface area contributed by atoms with Gasteiger partial charge in [-0.15, -0.1) is 0 Å². The number of hydrogen-bond acceptors (Lipinski definition) is 3. The Morgan fingerprint density at radius 3 is 2.52 bits per heavy atom. The molecular weight excluding hydrogens is 430 g/mol. The summed E-state index contributed by atoms with van der Waals surface area (Å²) in [5.41, 5.74) is 8.48. The first-order valence-electron chi connectivity index (χ1n) is 9.42. The quantitative estimate of drug-likeness (QED) is 0.405. The van der Waals surface area contributed by atoms with Crippen molar-refractivity contribution in [3.05, 3.63) is 81.1 Å². The number of hydrazone groups is 1. The van der Waals surface area contributed by atoms with Gasteiger partial charge in [0, 0.05) is 32.7 Å². The van der Waals surface area contributed by atoms with E-state index in [1.54, 1.807) is 30.5 Å². The summed E-state index contributed by atoms with van der Waals surface area (Å²) in [5, 5.41) is 4.14. The van der Waals surface area contributed by atoms with Crippen LogP contribution in [0.1, 0.15) is 39.8 Å². The zero-order chi connectivity index (χ0) is 21.0. The standard InChI is InChI=1S/C23H24BrN3O2/c1-5-29-21-10-7-18(8-11-21)23(28)26-25-14-19-12-16(3)27(17(19)4)20-9-6-15(2)22(24)13-20/h6-14H,5H2,1-4H3,(H,26,28)/b25-14-. The van der Waals surface area contributed by atoms with Gasteiger partial charge in [-0.25, -0.2) is 5.43 Å². The van der Waals surface area contributed by atoms with E-state index < -0.39 is 0 Å². The van der Waals surface area contributed by atoms with E-state index in [2.05, 4.69) is 69.1 Å². The van der Waals surface area contributed by atoms with Gasteiger partial charge in [-0.05, 0) is 75.7 Å². The van der Waals surface area contributed by atoms with Gasteiger partial charge in [-0.3, -0.25) is 4.79 Å². The molecular formula is C23H24BrN3O2. The third-order valence-corrected chi connectivity index (χ3v) is 5.54. The lowest BCUT2D eigenvalue weighted by Gasteiger charge is -2.11. The Bertz CT molecular complexity index is 1050. The Hall–Kier alpha value is -2.86. The number of ether oxygens (including phenoxy) is 1. The average molecular weight is 454 g/mol. The molecule has 150 valence electrons. The van der Waals surface area contributed by atoms with Crippen LogP contribution in [0.5, 0.6) is 5.75 Å². The molecule has 0 aliphatic rings. The fourth-order valence-electron chi connectivity index (χ4n) is 3.13. The van der Waals surface area contributed by atoms with Crippen molar-refractivity contribution in [3.8, 4) is 11.4 Å². The largest absolute Gasteiger partial charge is 0.494 e. The van der Waals surface area contributed by atoms with Gasteiger partial charge in [-0.2, -0.15) is 5.10 Å². The first kappa shape index (κ1) is 20.9. The van der Waals surface area contributed by atoms with Crippen molar-refractivity contribution in [2.45, 2.75) is 27.7 Å². The zero-order valence-electron chi connectivity index (χ0n) is 17.0. The van der Waals surface area contributed by atoms with E-state index in [9.17, 15) is 4.79 Å². The fourth-order valence-corrected chi connectivity index (χ4v) is 3.50. The van der Waals surface area contributed by atoms with Gasteiger partial charge in [0.25, 0.3) is 5.91 Å². The third kappa shape index (κ3) is 4.77. The molecule has 1 N–H and O–H groups in total. The lowest BCUT2D eigenvalue weighted by Crippen LogP contribution is -2.17. The molecule has 0 aliphatic heterocycles. The molecule has 0 atom stereocenters. The number of amides is 1. The van der Waals surface area contributed by atoms with Gasteiger partial charge in [0.05, 0.1) is 12.8 Å². The molecule has 1 amide bonds. The monoisotopic (exact) mass is 453 g/mol. The minimum atomic E-state index is -0.263. The molecule has 0 radical (unpaired) electrons. The van der Waals surface area contributed by atoms with Crippen LogP contribution < -0.4 is 10.2 Å². The molecule has 3 rings (SSSR count). The van der Waals surface area contributed by atoms with Crippen LogP contribution in [0.3, 0.4) is 0 Å². The first-order chi connectivity index (χ1) is 13.9. The highest BCUT2D eigenvalue weighted by Gasteiger charge is 2.11. The molecule has 2 aromatic carbocycles. The molecule has 3 aromatic rings.